The van der Waals surface area contributed by atoms with Gasteiger partial charge in [-0.1, -0.05) is 37.6 Å². The maximum Gasteiger partial charge on any atom is 0.264 e. The van der Waals surface area contributed by atoms with Crippen LogP contribution in [-0.2, 0) is 14.3 Å². The molecule has 0 amide bonds. The topological polar surface area (TPSA) is 77.3 Å². The molecule has 0 bridgehead atoms. The smallest absolute Gasteiger partial charge is 0.264 e. The summed E-state index contributed by atoms with van der Waals surface area (Å²) in [4.78, 5) is 0. The van der Waals surface area contributed by atoms with Crippen molar-refractivity contribution >= 4 is 27.5 Å². The van der Waals surface area contributed by atoms with Crippen LogP contribution in [0.3, 0.4) is 0 Å². The third-order valence-electron chi connectivity index (χ3n) is 4.99. The van der Waals surface area contributed by atoms with E-state index in [4.69, 9.17) is 4.18 Å². The number of fused-ring (bicyclic) bond motifs is 1. The average molecular weight is 377 g/mol. The first-order chi connectivity index (χ1) is 12.2. The molecule has 0 spiro atoms. The number of rotatable bonds is 7. The molecule has 3 atom stereocenters. The predicted molar refractivity (Wildman–Crippen MR) is 107 cm³/mol. The minimum absolute atomic E-state index is 0.0902. The highest BCUT2D eigenvalue weighted by atomic mass is 32.2. The Labute approximate surface area is 156 Å². The van der Waals surface area contributed by atoms with Gasteiger partial charge in [0.05, 0.1) is 12.9 Å². The number of allylic oxidation sites excluding steroid dienone is 2. The van der Waals surface area contributed by atoms with Crippen molar-refractivity contribution in [2.75, 3.05) is 31.3 Å². The zero-order valence-electron chi connectivity index (χ0n) is 15.9. The van der Waals surface area contributed by atoms with Gasteiger partial charge in [-0.25, -0.2) is 0 Å². The van der Waals surface area contributed by atoms with Crippen LogP contribution in [0.5, 0.6) is 0 Å². The minimum atomic E-state index is -3.39. The first kappa shape index (κ1) is 19.1. The Morgan fingerprint density at radius 1 is 1.38 bits per heavy atom. The van der Waals surface area contributed by atoms with Crippen LogP contribution in [0.25, 0.3) is 11.6 Å². The second-order valence-electron chi connectivity index (χ2n) is 7.48. The Balaban J connectivity index is 1.72. The Morgan fingerprint density at radius 2 is 2.12 bits per heavy atom. The van der Waals surface area contributed by atoms with Crippen LogP contribution < -0.4 is 10.6 Å². The molecule has 2 N–H and O–H groups in total. The molecule has 0 radical (unpaired) electrons. The number of hydrogen-bond donors (Lipinski definition) is 2. The Morgan fingerprint density at radius 3 is 2.77 bits per heavy atom. The molecule has 26 heavy (non-hydrogen) atoms. The van der Waals surface area contributed by atoms with Crippen LogP contribution in [0.4, 0.5) is 5.69 Å². The molecule has 1 aromatic rings. The summed E-state index contributed by atoms with van der Waals surface area (Å²) in [6.45, 7) is 8.33. The number of hydrogen-bond acceptors (Lipinski definition) is 5. The summed E-state index contributed by atoms with van der Waals surface area (Å²) in [5.41, 5.74) is 6.43. The maximum atomic E-state index is 11.1. The molecule has 142 valence electrons. The van der Waals surface area contributed by atoms with Crippen LogP contribution in [0, 0.1) is 11.8 Å². The van der Waals surface area contributed by atoms with E-state index in [0.29, 0.717) is 18.5 Å². The van der Waals surface area contributed by atoms with E-state index in [9.17, 15) is 8.42 Å². The summed E-state index contributed by atoms with van der Waals surface area (Å²) >= 11 is 0. The van der Waals surface area contributed by atoms with Crippen LogP contribution >= 0.6 is 0 Å². The molecule has 0 aromatic heterocycles. The van der Waals surface area contributed by atoms with Crippen molar-refractivity contribution in [3.8, 4) is 0 Å². The molecule has 2 unspecified atom stereocenters. The van der Waals surface area contributed by atoms with Crippen LogP contribution in [0.2, 0.25) is 0 Å². The van der Waals surface area contributed by atoms with Gasteiger partial charge in [0.15, 0.2) is 0 Å². The van der Waals surface area contributed by atoms with E-state index in [0.717, 1.165) is 18.5 Å². The second kappa shape index (κ2) is 7.55. The summed E-state index contributed by atoms with van der Waals surface area (Å²) in [7, 11) is -3.39. The molecule has 5 nitrogen and oxygen atoms in total. The van der Waals surface area contributed by atoms with Gasteiger partial charge in [-0.2, -0.15) is 8.42 Å². The van der Waals surface area contributed by atoms with Gasteiger partial charge in [0.25, 0.3) is 10.1 Å². The van der Waals surface area contributed by atoms with Gasteiger partial charge in [-0.3, -0.25) is 4.18 Å². The highest BCUT2D eigenvalue weighted by molar-refractivity contribution is 7.85. The average Bonchev–Trinajstić information content (AvgIpc) is 3.41. The van der Waals surface area contributed by atoms with Gasteiger partial charge in [-0.15, -0.1) is 0 Å². The van der Waals surface area contributed by atoms with E-state index >= 15 is 0 Å². The molecular weight excluding hydrogens is 348 g/mol. The zero-order chi connectivity index (χ0) is 18.9. The highest BCUT2D eigenvalue weighted by Gasteiger charge is 2.30. The number of nitrogens with one attached hydrogen (secondary N) is 2. The summed E-state index contributed by atoms with van der Waals surface area (Å²) < 4.78 is 27.0. The quantitative estimate of drug-likeness (QED) is 0.565. The van der Waals surface area contributed by atoms with Crippen molar-refractivity contribution in [3.63, 3.8) is 0 Å². The van der Waals surface area contributed by atoms with E-state index < -0.39 is 10.1 Å². The standard InChI is InChI=1S/C20H28N2O3S/c1-13(12-25-26(4,23)24)10-21-17-7-8-18-16(9-17)6-5-14(2)15(3)20(18)19-11-22-19/h5-9,13-14,19,21-22H,10-12H2,1-4H3/t13-,14?,19?/m0/s1. The molecule has 1 aliphatic heterocycles. The molecule has 1 fully saturated rings. The molecule has 1 heterocycles. The Hall–Kier alpha value is -1.63. The molecule has 3 rings (SSSR count). The van der Waals surface area contributed by atoms with E-state index in [1.54, 1.807) is 0 Å². The monoisotopic (exact) mass is 376 g/mol. The maximum absolute atomic E-state index is 11.1. The van der Waals surface area contributed by atoms with Crippen LogP contribution in [0.15, 0.2) is 29.8 Å². The first-order valence-corrected chi connectivity index (χ1v) is 10.9. The highest BCUT2D eigenvalue weighted by Crippen LogP contribution is 2.37. The van der Waals surface area contributed by atoms with Gasteiger partial charge in [0.1, 0.15) is 0 Å². The van der Waals surface area contributed by atoms with Crippen molar-refractivity contribution in [1.82, 2.24) is 5.32 Å². The van der Waals surface area contributed by atoms with Gasteiger partial charge in [0.2, 0.25) is 0 Å². The summed E-state index contributed by atoms with van der Waals surface area (Å²) in [6.07, 6.45) is 5.55. The van der Waals surface area contributed by atoms with Gasteiger partial charge in [-0.05, 0) is 47.6 Å². The van der Waals surface area contributed by atoms with Gasteiger partial charge in [0, 0.05) is 24.8 Å². The fraction of sp³-hybridized carbons (Fsp3) is 0.500. The summed E-state index contributed by atoms with van der Waals surface area (Å²) in [5.74, 6) is 0.525. The van der Waals surface area contributed by atoms with Gasteiger partial charge < -0.3 is 10.6 Å². The molecule has 0 saturated carbocycles. The van der Waals surface area contributed by atoms with Crippen molar-refractivity contribution < 1.29 is 12.6 Å². The normalized spacial score (nSPS) is 23.4. The first-order valence-electron chi connectivity index (χ1n) is 9.09. The lowest BCUT2D eigenvalue weighted by molar-refractivity contribution is 0.274. The van der Waals surface area contributed by atoms with E-state index in [1.807, 2.05) is 6.92 Å². The predicted octanol–water partition coefficient (Wildman–Crippen LogP) is 3.12. The fourth-order valence-electron chi connectivity index (χ4n) is 3.22. The largest absolute Gasteiger partial charge is 0.385 e. The van der Waals surface area contributed by atoms with Crippen molar-refractivity contribution in [1.29, 1.82) is 0 Å². The fourth-order valence-corrected chi connectivity index (χ4v) is 3.70. The SMILES string of the molecule is CC1=C(C2CN2)c2ccc(NC[C@H](C)COS(C)(=O)=O)cc2C=CC1C. The third-order valence-corrected chi connectivity index (χ3v) is 5.56. The zero-order valence-corrected chi connectivity index (χ0v) is 16.7. The van der Waals surface area contributed by atoms with Gasteiger partial charge >= 0.3 is 0 Å². The molecule has 2 aliphatic rings. The van der Waals surface area contributed by atoms with E-state index in [1.165, 1.54) is 22.3 Å². The Bertz CT molecular complexity index is 839. The lowest BCUT2D eigenvalue weighted by Gasteiger charge is -2.17. The minimum Gasteiger partial charge on any atom is -0.385 e. The third kappa shape index (κ3) is 4.75. The molecule has 1 saturated heterocycles. The number of benzene rings is 1. The van der Waals surface area contributed by atoms with Crippen LogP contribution in [-0.4, -0.2) is 40.4 Å². The molecule has 1 aliphatic carbocycles. The van der Waals surface area contributed by atoms with Crippen molar-refractivity contribution in [3.05, 3.63) is 41.0 Å². The lowest BCUT2D eigenvalue weighted by Crippen LogP contribution is -2.18. The molecular formula is C20H28N2O3S. The van der Waals surface area contributed by atoms with Crippen molar-refractivity contribution in [2.45, 2.75) is 26.8 Å². The molecule has 1 aromatic carbocycles. The van der Waals surface area contributed by atoms with E-state index in [-0.39, 0.29) is 12.5 Å². The van der Waals surface area contributed by atoms with Crippen molar-refractivity contribution in [2.24, 2.45) is 11.8 Å². The van der Waals surface area contributed by atoms with E-state index in [2.05, 4.69) is 54.8 Å². The second-order valence-corrected chi connectivity index (χ2v) is 9.13. The Kier molecular flexibility index (Phi) is 5.55. The van der Waals surface area contributed by atoms with Crippen LogP contribution in [0.1, 0.15) is 31.9 Å². The summed E-state index contributed by atoms with van der Waals surface area (Å²) in [5, 5.41) is 6.83. The summed E-state index contributed by atoms with van der Waals surface area (Å²) in [6, 6.07) is 6.94. The number of anilines is 1. The molecule has 6 heteroatoms. The lowest BCUT2D eigenvalue weighted by atomic mass is 9.91.